The maximum absolute atomic E-state index is 12.0. The van der Waals surface area contributed by atoms with Gasteiger partial charge < -0.3 is 9.84 Å². The number of hydrogen-bond acceptors (Lipinski definition) is 3. The lowest BCUT2D eigenvalue weighted by atomic mass is 9.98. The van der Waals surface area contributed by atoms with Gasteiger partial charge in [0, 0.05) is 6.42 Å². The van der Waals surface area contributed by atoms with Gasteiger partial charge in [-0.1, -0.05) is 175 Å². The number of carbonyl (C=O) groups is 2. The number of unbranched alkanes of at least 4 members (excludes halogenated alkanes) is 22. The van der Waals surface area contributed by atoms with Gasteiger partial charge in [0.1, 0.15) is 0 Å². The first kappa shape index (κ1) is 41.1. The largest absolute Gasteiger partial charge is 0.481 e. The van der Waals surface area contributed by atoms with E-state index in [-0.39, 0.29) is 11.9 Å². The quantitative estimate of drug-likeness (QED) is 0.0691. The molecule has 0 aliphatic carbocycles. The van der Waals surface area contributed by atoms with Crippen molar-refractivity contribution in [2.24, 2.45) is 5.92 Å². The first-order valence-corrected chi connectivity index (χ1v) is 17.9. The van der Waals surface area contributed by atoms with Crippen LogP contribution in [0.3, 0.4) is 0 Å². The van der Waals surface area contributed by atoms with Crippen molar-refractivity contribution in [1.82, 2.24) is 0 Å². The second-order valence-electron chi connectivity index (χ2n) is 12.0. The molecular formula is C36H72O4. The molecule has 0 aliphatic rings. The summed E-state index contributed by atoms with van der Waals surface area (Å²) in [6.07, 6.45) is 34.5. The number of aliphatic carboxylic acids is 1. The smallest absolute Gasteiger partial charge is 0.308 e. The Morgan fingerprint density at radius 1 is 0.500 bits per heavy atom. The molecule has 1 N–H and O–H groups in total. The molecule has 0 aliphatic heterocycles. The number of ether oxygens (including phenoxy) is 1. The summed E-state index contributed by atoms with van der Waals surface area (Å²) < 4.78 is 5.43. The van der Waals surface area contributed by atoms with E-state index >= 15 is 0 Å². The molecule has 4 heteroatoms. The molecule has 0 spiro atoms. The van der Waals surface area contributed by atoms with Crippen LogP contribution in [0, 0.1) is 5.92 Å². The Morgan fingerprint density at radius 3 is 1.23 bits per heavy atom. The fourth-order valence-electron chi connectivity index (χ4n) is 5.13. The first-order chi connectivity index (χ1) is 19.5. The van der Waals surface area contributed by atoms with Crippen molar-refractivity contribution in [3.8, 4) is 0 Å². The van der Waals surface area contributed by atoms with Crippen LogP contribution in [-0.4, -0.2) is 23.7 Å². The molecule has 0 fully saturated rings. The summed E-state index contributed by atoms with van der Waals surface area (Å²) in [7, 11) is 0. The minimum absolute atomic E-state index is 0.0435. The van der Waals surface area contributed by atoms with Crippen molar-refractivity contribution in [3.63, 3.8) is 0 Å². The fraction of sp³-hybridized carbons (Fsp3) is 0.944. The fourth-order valence-corrected chi connectivity index (χ4v) is 5.13. The molecule has 240 valence electrons. The highest BCUT2D eigenvalue weighted by Gasteiger charge is 2.17. The third kappa shape index (κ3) is 35.0. The number of carboxylic acids is 1. The van der Waals surface area contributed by atoms with Gasteiger partial charge in [-0.15, -0.1) is 0 Å². The Morgan fingerprint density at radius 2 is 0.850 bits per heavy atom. The SMILES string of the molecule is CCCCCCCCCCC(CC)C(=O)OCCCCCC.CCCCCCCCCCCCCCCC(=O)O. The lowest BCUT2D eigenvalue weighted by Crippen LogP contribution is -2.17. The third-order valence-corrected chi connectivity index (χ3v) is 7.97. The molecule has 40 heavy (non-hydrogen) atoms. The van der Waals surface area contributed by atoms with Gasteiger partial charge in [0.25, 0.3) is 0 Å². The van der Waals surface area contributed by atoms with Gasteiger partial charge in [0.15, 0.2) is 0 Å². The summed E-state index contributed by atoms with van der Waals surface area (Å²) in [6.45, 7) is 9.44. The topological polar surface area (TPSA) is 63.6 Å². The standard InChI is InChI=1S/C20H40O2.C16H32O2/c1-4-7-9-11-12-13-14-15-17-19(6-3)20(21)22-18-16-10-8-5-2;1-2-3-4-5-6-7-8-9-10-11-12-13-14-15-16(17)18/h19H,4-18H2,1-3H3;2-15H2,1H3,(H,17,18). The Kier molecular flexibility index (Phi) is 36.9. The zero-order valence-corrected chi connectivity index (χ0v) is 27.8. The summed E-state index contributed by atoms with van der Waals surface area (Å²) in [6, 6.07) is 0. The lowest BCUT2D eigenvalue weighted by molar-refractivity contribution is -0.149. The molecule has 0 rings (SSSR count). The van der Waals surface area contributed by atoms with Gasteiger partial charge in [-0.25, -0.2) is 0 Å². The van der Waals surface area contributed by atoms with E-state index in [0.717, 1.165) is 32.1 Å². The van der Waals surface area contributed by atoms with Crippen LogP contribution < -0.4 is 0 Å². The van der Waals surface area contributed by atoms with Crippen LogP contribution in [-0.2, 0) is 14.3 Å². The molecule has 0 heterocycles. The molecular weight excluding hydrogens is 496 g/mol. The maximum atomic E-state index is 12.0. The molecule has 0 bridgehead atoms. The Balaban J connectivity index is 0. The zero-order chi connectivity index (χ0) is 29.9. The molecule has 0 amide bonds. The van der Waals surface area contributed by atoms with Crippen LogP contribution in [0.1, 0.15) is 207 Å². The van der Waals surface area contributed by atoms with E-state index in [2.05, 4.69) is 27.7 Å². The van der Waals surface area contributed by atoms with Crippen molar-refractivity contribution in [2.75, 3.05) is 6.61 Å². The third-order valence-electron chi connectivity index (χ3n) is 7.97. The molecule has 0 aromatic rings. The van der Waals surface area contributed by atoms with Crippen LogP contribution in [0.25, 0.3) is 0 Å². The van der Waals surface area contributed by atoms with Gasteiger partial charge in [0.05, 0.1) is 12.5 Å². The van der Waals surface area contributed by atoms with E-state index in [1.54, 1.807) is 0 Å². The van der Waals surface area contributed by atoms with Crippen molar-refractivity contribution in [3.05, 3.63) is 0 Å². The number of hydrogen-bond donors (Lipinski definition) is 1. The Labute approximate surface area is 251 Å². The monoisotopic (exact) mass is 569 g/mol. The van der Waals surface area contributed by atoms with Crippen LogP contribution in [0.4, 0.5) is 0 Å². The van der Waals surface area contributed by atoms with Gasteiger partial charge in [-0.3, -0.25) is 9.59 Å². The van der Waals surface area contributed by atoms with Gasteiger partial charge in [0.2, 0.25) is 0 Å². The number of carbonyl (C=O) groups excluding carboxylic acids is 1. The maximum Gasteiger partial charge on any atom is 0.308 e. The van der Waals surface area contributed by atoms with E-state index in [1.807, 2.05) is 0 Å². The normalized spacial score (nSPS) is 11.6. The molecule has 1 unspecified atom stereocenters. The highest BCUT2D eigenvalue weighted by Crippen LogP contribution is 2.17. The lowest BCUT2D eigenvalue weighted by Gasteiger charge is -2.14. The van der Waals surface area contributed by atoms with Gasteiger partial charge in [-0.05, 0) is 25.7 Å². The van der Waals surface area contributed by atoms with E-state index in [0.29, 0.717) is 13.0 Å². The molecule has 0 saturated heterocycles. The second-order valence-corrected chi connectivity index (χ2v) is 12.0. The minimum Gasteiger partial charge on any atom is -0.481 e. The van der Waals surface area contributed by atoms with E-state index < -0.39 is 5.97 Å². The predicted octanol–water partition coefficient (Wildman–Crippen LogP) is 12.2. The highest BCUT2D eigenvalue weighted by atomic mass is 16.5. The zero-order valence-electron chi connectivity index (χ0n) is 27.8. The Bertz CT molecular complexity index is 505. The predicted molar refractivity (Wildman–Crippen MR) is 174 cm³/mol. The van der Waals surface area contributed by atoms with Gasteiger partial charge in [-0.2, -0.15) is 0 Å². The minimum atomic E-state index is -0.655. The van der Waals surface area contributed by atoms with Crippen molar-refractivity contribution in [2.45, 2.75) is 207 Å². The second kappa shape index (κ2) is 36.0. The number of rotatable bonds is 30. The van der Waals surface area contributed by atoms with Crippen molar-refractivity contribution >= 4 is 11.9 Å². The average molecular weight is 569 g/mol. The average Bonchev–Trinajstić information content (AvgIpc) is 2.94. The molecule has 4 nitrogen and oxygen atoms in total. The van der Waals surface area contributed by atoms with Crippen LogP contribution >= 0.6 is 0 Å². The van der Waals surface area contributed by atoms with Crippen LogP contribution in [0.15, 0.2) is 0 Å². The van der Waals surface area contributed by atoms with E-state index in [9.17, 15) is 9.59 Å². The van der Waals surface area contributed by atoms with E-state index in [1.165, 1.54) is 141 Å². The summed E-state index contributed by atoms with van der Waals surface area (Å²) >= 11 is 0. The number of carboxylic acid groups (broad SMARTS) is 1. The van der Waals surface area contributed by atoms with E-state index in [4.69, 9.17) is 9.84 Å². The summed E-state index contributed by atoms with van der Waals surface area (Å²) in [5, 5.41) is 8.49. The Hall–Kier alpha value is -1.06. The summed E-state index contributed by atoms with van der Waals surface area (Å²) in [5.41, 5.74) is 0. The van der Waals surface area contributed by atoms with Crippen molar-refractivity contribution < 1.29 is 19.4 Å². The number of esters is 1. The first-order valence-electron chi connectivity index (χ1n) is 17.9. The molecule has 0 radical (unpaired) electrons. The summed E-state index contributed by atoms with van der Waals surface area (Å²) in [5.74, 6) is -0.480. The molecule has 0 aromatic heterocycles. The highest BCUT2D eigenvalue weighted by molar-refractivity contribution is 5.72. The summed E-state index contributed by atoms with van der Waals surface area (Å²) in [4.78, 5) is 22.3. The molecule has 0 saturated carbocycles. The van der Waals surface area contributed by atoms with Crippen molar-refractivity contribution in [1.29, 1.82) is 0 Å². The molecule has 1 atom stereocenters. The molecule has 0 aromatic carbocycles. The van der Waals surface area contributed by atoms with Crippen LogP contribution in [0.5, 0.6) is 0 Å². The van der Waals surface area contributed by atoms with Crippen LogP contribution in [0.2, 0.25) is 0 Å². The van der Waals surface area contributed by atoms with Gasteiger partial charge >= 0.3 is 11.9 Å².